The first-order valence-electron chi connectivity index (χ1n) is 7.53. The number of rotatable bonds is 4. The van der Waals surface area contributed by atoms with Crippen LogP contribution in [0, 0.1) is 32.1 Å². The summed E-state index contributed by atoms with van der Waals surface area (Å²) in [4.78, 5) is 12.3. The third kappa shape index (κ3) is 4.76. The van der Waals surface area contributed by atoms with Crippen molar-refractivity contribution in [1.82, 2.24) is 0 Å². The first-order chi connectivity index (χ1) is 11.8. The van der Waals surface area contributed by atoms with Gasteiger partial charge in [0.25, 0.3) is 5.91 Å². The lowest BCUT2D eigenvalue weighted by atomic mass is 10.1. The Kier molecular flexibility index (Phi) is 6.08. The molecule has 2 aromatic carbocycles. The predicted molar refractivity (Wildman–Crippen MR) is 103 cm³/mol. The van der Waals surface area contributed by atoms with Crippen LogP contribution >= 0.6 is 23.2 Å². The molecule has 0 fully saturated rings. The number of carbonyl (C=O) groups excluding carboxylic acids is 1. The zero-order chi connectivity index (χ0) is 18.6. The van der Waals surface area contributed by atoms with Crippen LogP contribution in [0.2, 0.25) is 10.0 Å². The maximum Gasteiger partial charge on any atom is 0.267 e. The number of amides is 1. The topological polar surface area (TPSA) is 64.9 Å². The molecule has 0 aliphatic heterocycles. The second-order valence-electron chi connectivity index (χ2n) is 5.67. The van der Waals surface area contributed by atoms with E-state index in [-0.39, 0.29) is 5.57 Å². The Balaban J connectivity index is 2.22. The largest absolute Gasteiger partial charge is 0.359 e. The third-order valence-corrected chi connectivity index (χ3v) is 4.14. The lowest BCUT2D eigenvalue weighted by molar-refractivity contribution is -0.112. The SMILES string of the molecule is Cc1cc(C)c(N/C=C(/C#N)C(=O)Nc2cc(Cl)ccc2C)c(Cl)c1. The Morgan fingerprint density at radius 3 is 2.48 bits per heavy atom. The number of nitriles is 1. The summed E-state index contributed by atoms with van der Waals surface area (Å²) in [6, 6.07) is 10.8. The molecular weight excluding hydrogens is 357 g/mol. The molecule has 0 bridgehead atoms. The van der Waals surface area contributed by atoms with Crippen molar-refractivity contribution in [2.45, 2.75) is 20.8 Å². The fourth-order valence-electron chi connectivity index (χ4n) is 2.31. The van der Waals surface area contributed by atoms with Crippen molar-refractivity contribution in [2.75, 3.05) is 10.6 Å². The molecule has 0 heterocycles. The summed E-state index contributed by atoms with van der Waals surface area (Å²) in [6.07, 6.45) is 1.35. The molecule has 2 rings (SSSR count). The molecule has 128 valence electrons. The molecule has 0 aliphatic carbocycles. The van der Waals surface area contributed by atoms with Crippen molar-refractivity contribution < 1.29 is 4.79 Å². The van der Waals surface area contributed by atoms with Crippen molar-refractivity contribution >= 4 is 40.5 Å². The van der Waals surface area contributed by atoms with E-state index in [4.69, 9.17) is 23.2 Å². The highest BCUT2D eigenvalue weighted by molar-refractivity contribution is 6.33. The number of aryl methyl sites for hydroxylation is 3. The van der Waals surface area contributed by atoms with E-state index in [1.807, 2.05) is 39.0 Å². The van der Waals surface area contributed by atoms with Crippen molar-refractivity contribution in [3.8, 4) is 6.07 Å². The van der Waals surface area contributed by atoms with Gasteiger partial charge in [-0.3, -0.25) is 4.79 Å². The molecule has 0 atom stereocenters. The smallest absolute Gasteiger partial charge is 0.267 e. The van der Waals surface area contributed by atoms with Crippen molar-refractivity contribution in [3.05, 3.63) is 68.8 Å². The predicted octanol–water partition coefficient (Wildman–Crippen LogP) is 5.38. The lowest BCUT2D eigenvalue weighted by Crippen LogP contribution is -2.15. The van der Waals surface area contributed by atoms with Gasteiger partial charge in [0.15, 0.2) is 0 Å². The van der Waals surface area contributed by atoms with Gasteiger partial charge in [-0.1, -0.05) is 35.3 Å². The average Bonchev–Trinajstić information content (AvgIpc) is 2.53. The first kappa shape index (κ1) is 18.9. The Hall–Kier alpha value is -2.48. The third-order valence-electron chi connectivity index (χ3n) is 3.61. The molecule has 0 spiro atoms. The van der Waals surface area contributed by atoms with Gasteiger partial charge in [-0.2, -0.15) is 5.26 Å². The number of hydrogen-bond acceptors (Lipinski definition) is 3. The second-order valence-corrected chi connectivity index (χ2v) is 6.51. The van der Waals surface area contributed by atoms with Crippen molar-refractivity contribution in [2.24, 2.45) is 0 Å². The van der Waals surface area contributed by atoms with Gasteiger partial charge in [-0.05, 0) is 55.7 Å². The molecule has 2 N–H and O–H groups in total. The molecular formula is C19H17Cl2N3O. The molecule has 0 unspecified atom stereocenters. The standard InChI is InChI=1S/C19H17Cl2N3O/c1-11-6-13(3)18(16(21)7-11)23-10-14(9-22)19(25)24-17-8-15(20)5-4-12(17)2/h4-8,10,23H,1-3H3,(H,24,25)/b14-10-. The second kappa shape index (κ2) is 8.06. The summed E-state index contributed by atoms with van der Waals surface area (Å²) in [6.45, 7) is 5.69. The minimum absolute atomic E-state index is 0.0737. The van der Waals surface area contributed by atoms with E-state index in [0.29, 0.717) is 21.4 Å². The summed E-state index contributed by atoms with van der Waals surface area (Å²) in [5.41, 5.74) is 3.95. The zero-order valence-electron chi connectivity index (χ0n) is 14.1. The maximum absolute atomic E-state index is 12.3. The van der Waals surface area contributed by atoms with E-state index in [1.165, 1.54) is 6.20 Å². The molecule has 4 nitrogen and oxygen atoms in total. The molecule has 0 saturated carbocycles. The monoisotopic (exact) mass is 373 g/mol. The van der Waals surface area contributed by atoms with Crippen molar-refractivity contribution in [1.29, 1.82) is 5.26 Å². The molecule has 0 radical (unpaired) electrons. The van der Waals surface area contributed by atoms with Crippen LogP contribution in [0.25, 0.3) is 0 Å². The van der Waals surface area contributed by atoms with Gasteiger partial charge in [-0.25, -0.2) is 0 Å². The van der Waals surface area contributed by atoms with Crippen LogP contribution in [0.3, 0.4) is 0 Å². The number of halogens is 2. The normalized spacial score (nSPS) is 11.0. The molecule has 0 aliphatic rings. The van der Waals surface area contributed by atoms with Crippen LogP contribution in [-0.2, 0) is 4.79 Å². The van der Waals surface area contributed by atoms with E-state index in [0.717, 1.165) is 16.7 Å². The quantitative estimate of drug-likeness (QED) is 0.558. The molecule has 1 amide bonds. The lowest BCUT2D eigenvalue weighted by Gasteiger charge is -2.11. The van der Waals surface area contributed by atoms with E-state index in [2.05, 4.69) is 10.6 Å². The van der Waals surface area contributed by atoms with Crippen LogP contribution in [0.5, 0.6) is 0 Å². The van der Waals surface area contributed by atoms with Crippen LogP contribution < -0.4 is 10.6 Å². The fraction of sp³-hybridized carbons (Fsp3) is 0.158. The summed E-state index contributed by atoms with van der Waals surface area (Å²) < 4.78 is 0. The molecule has 25 heavy (non-hydrogen) atoms. The van der Waals surface area contributed by atoms with Crippen molar-refractivity contribution in [3.63, 3.8) is 0 Å². The van der Waals surface area contributed by atoms with Gasteiger partial charge in [0.05, 0.1) is 10.7 Å². The van der Waals surface area contributed by atoms with E-state index in [1.54, 1.807) is 18.2 Å². The number of hydrogen-bond donors (Lipinski definition) is 2. The Bertz CT molecular complexity index is 875. The highest BCUT2D eigenvalue weighted by atomic mass is 35.5. The summed E-state index contributed by atoms with van der Waals surface area (Å²) in [7, 11) is 0. The van der Waals surface area contributed by atoms with Crippen LogP contribution in [0.15, 0.2) is 42.1 Å². The van der Waals surface area contributed by atoms with Crippen LogP contribution in [-0.4, -0.2) is 5.91 Å². The van der Waals surface area contributed by atoms with Gasteiger partial charge in [0.1, 0.15) is 11.6 Å². The number of benzene rings is 2. The van der Waals surface area contributed by atoms with E-state index in [9.17, 15) is 10.1 Å². The van der Waals surface area contributed by atoms with Gasteiger partial charge in [0.2, 0.25) is 0 Å². The highest BCUT2D eigenvalue weighted by Gasteiger charge is 2.12. The summed E-state index contributed by atoms with van der Waals surface area (Å²) in [5.74, 6) is -0.527. The van der Waals surface area contributed by atoms with Gasteiger partial charge in [-0.15, -0.1) is 0 Å². The van der Waals surface area contributed by atoms with Gasteiger partial charge in [0, 0.05) is 16.9 Å². The highest BCUT2D eigenvalue weighted by Crippen LogP contribution is 2.27. The minimum atomic E-state index is -0.527. The molecule has 0 saturated heterocycles. The Morgan fingerprint density at radius 1 is 1.12 bits per heavy atom. The summed E-state index contributed by atoms with van der Waals surface area (Å²) >= 11 is 12.2. The van der Waals surface area contributed by atoms with E-state index < -0.39 is 5.91 Å². The first-order valence-corrected chi connectivity index (χ1v) is 8.28. The van der Waals surface area contributed by atoms with Gasteiger partial charge >= 0.3 is 0 Å². The number of nitrogens with one attached hydrogen (secondary N) is 2. The maximum atomic E-state index is 12.3. The molecule has 2 aromatic rings. The van der Waals surface area contributed by atoms with Crippen LogP contribution in [0.1, 0.15) is 16.7 Å². The minimum Gasteiger partial charge on any atom is -0.359 e. The fourth-order valence-corrected chi connectivity index (χ4v) is 2.86. The molecule has 0 aromatic heterocycles. The Morgan fingerprint density at radius 2 is 1.84 bits per heavy atom. The number of carbonyl (C=O) groups is 1. The number of anilines is 2. The average molecular weight is 374 g/mol. The van der Waals surface area contributed by atoms with Crippen LogP contribution in [0.4, 0.5) is 11.4 Å². The number of nitrogens with zero attached hydrogens (tertiary/aromatic N) is 1. The molecule has 6 heteroatoms. The zero-order valence-corrected chi connectivity index (χ0v) is 15.6. The van der Waals surface area contributed by atoms with E-state index >= 15 is 0 Å². The Labute approximate surface area is 157 Å². The summed E-state index contributed by atoms with van der Waals surface area (Å²) in [5, 5.41) is 15.9. The van der Waals surface area contributed by atoms with Gasteiger partial charge < -0.3 is 10.6 Å².